The van der Waals surface area contributed by atoms with Crippen LogP contribution in [-0.4, -0.2) is 14.9 Å². The molecule has 0 fully saturated rings. The molecule has 0 aliphatic carbocycles. The minimum Gasteiger partial charge on any atom is -0.392 e. The fraction of sp³-hybridized carbons (Fsp3) is 0.438. The Labute approximate surface area is 119 Å². The number of halogens is 1. The molecule has 0 saturated carbocycles. The van der Waals surface area contributed by atoms with Gasteiger partial charge in [0, 0.05) is 11.3 Å². The lowest BCUT2D eigenvalue weighted by molar-refractivity contribution is 0.279. The lowest BCUT2D eigenvalue weighted by Crippen LogP contribution is -2.08. The Bertz CT molecular complexity index is 605. The summed E-state index contributed by atoms with van der Waals surface area (Å²) in [6.45, 7) is 6.64. The van der Waals surface area contributed by atoms with E-state index in [1.165, 1.54) is 12.1 Å². The van der Waals surface area contributed by atoms with Crippen molar-refractivity contribution in [1.82, 2.24) is 9.78 Å². The molecular weight excluding hydrogens is 255 g/mol. The highest BCUT2D eigenvalue weighted by Crippen LogP contribution is 2.19. The highest BCUT2D eigenvalue weighted by molar-refractivity contribution is 5.30. The van der Waals surface area contributed by atoms with Crippen molar-refractivity contribution in [3.05, 3.63) is 52.1 Å². The second-order valence-corrected chi connectivity index (χ2v) is 4.97. The molecule has 108 valence electrons. The maximum atomic E-state index is 13.2. The molecule has 4 heteroatoms. The van der Waals surface area contributed by atoms with Crippen molar-refractivity contribution in [2.45, 2.75) is 46.8 Å². The molecule has 0 aliphatic heterocycles. The molecule has 0 bridgehead atoms. The first kappa shape index (κ1) is 14.7. The fourth-order valence-corrected chi connectivity index (χ4v) is 2.58. The van der Waals surface area contributed by atoms with E-state index >= 15 is 0 Å². The molecule has 1 aromatic heterocycles. The van der Waals surface area contributed by atoms with Crippen LogP contribution in [0.5, 0.6) is 0 Å². The number of nitrogens with zero attached hydrogens (tertiary/aromatic N) is 2. The zero-order chi connectivity index (χ0) is 14.7. The third-order valence-corrected chi connectivity index (χ3v) is 3.70. The molecule has 1 aromatic carbocycles. The molecule has 0 atom stereocenters. The largest absolute Gasteiger partial charge is 0.392 e. The van der Waals surface area contributed by atoms with Gasteiger partial charge in [0.15, 0.2) is 0 Å². The van der Waals surface area contributed by atoms with Crippen LogP contribution in [0.15, 0.2) is 18.2 Å². The summed E-state index contributed by atoms with van der Waals surface area (Å²) in [5, 5.41) is 14.1. The number of aliphatic hydroxyl groups excluding tert-OH is 1. The molecule has 0 radical (unpaired) electrons. The normalized spacial score (nSPS) is 11.1. The van der Waals surface area contributed by atoms with Crippen LogP contribution < -0.4 is 0 Å². The first-order valence-corrected chi connectivity index (χ1v) is 7.04. The van der Waals surface area contributed by atoms with E-state index in [4.69, 9.17) is 0 Å². The van der Waals surface area contributed by atoms with E-state index in [0.717, 1.165) is 40.9 Å². The number of hydrogen-bond donors (Lipinski definition) is 1. The Morgan fingerprint density at radius 3 is 2.55 bits per heavy atom. The monoisotopic (exact) mass is 276 g/mol. The van der Waals surface area contributed by atoms with Crippen molar-refractivity contribution < 1.29 is 9.50 Å². The van der Waals surface area contributed by atoms with E-state index in [1.807, 2.05) is 18.5 Å². The van der Waals surface area contributed by atoms with E-state index in [-0.39, 0.29) is 12.4 Å². The molecule has 0 amide bonds. The summed E-state index contributed by atoms with van der Waals surface area (Å²) in [6.07, 6.45) is 1.63. The van der Waals surface area contributed by atoms with Crippen LogP contribution in [0.25, 0.3) is 0 Å². The topological polar surface area (TPSA) is 38.0 Å². The molecule has 20 heavy (non-hydrogen) atoms. The molecule has 0 spiro atoms. The van der Waals surface area contributed by atoms with Crippen LogP contribution in [0.2, 0.25) is 0 Å². The van der Waals surface area contributed by atoms with Crippen LogP contribution in [0.4, 0.5) is 4.39 Å². The van der Waals surface area contributed by atoms with Gasteiger partial charge in [0.2, 0.25) is 0 Å². The van der Waals surface area contributed by atoms with Crippen molar-refractivity contribution in [2.75, 3.05) is 0 Å². The van der Waals surface area contributed by atoms with Gasteiger partial charge >= 0.3 is 0 Å². The molecule has 0 aliphatic rings. The summed E-state index contributed by atoms with van der Waals surface area (Å²) >= 11 is 0. The minimum absolute atomic E-state index is 0.0226. The van der Waals surface area contributed by atoms with E-state index in [1.54, 1.807) is 6.07 Å². The molecular formula is C16H21FN2O. The summed E-state index contributed by atoms with van der Waals surface area (Å²) in [5.41, 5.74) is 4.92. The van der Waals surface area contributed by atoms with E-state index in [9.17, 15) is 9.50 Å². The first-order valence-electron chi connectivity index (χ1n) is 7.04. The lowest BCUT2D eigenvalue weighted by Gasteiger charge is -2.09. The minimum atomic E-state index is -0.215. The number of aromatic nitrogens is 2. The SMILES string of the molecule is CCc1nn(Cc2ccc(F)cc2C)c(CC)c1CO. The molecule has 3 nitrogen and oxygen atoms in total. The summed E-state index contributed by atoms with van der Waals surface area (Å²) < 4.78 is 15.1. The Morgan fingerprint density at radius 2 is 2.00 bits per heavy atom. The van der Waals surface area contributed by atoms with Crippen molar-refractivity contribution in [3.63, 3.8) is 0 Å². The van der Waals surface area contributed by atoms with Gasteiger partial charge in [-0.2, -0.15) is 5.10 Å². The van der Waals surface area contributed by atoms with Gasteiger partial charge in [-0.3, -0.25) is 4.68 Å². The van der Waals surface area contributed by atoms with Crippen LogP contribution in [0.3, 0.4) is 0 Å². The van der Waals surface area contributed by atoms with Crippen LogP contribution >= 0.6 is 0 Å². The number of aliphatic hydroxyl groups is 1. The molecule has 1 heterocycles. The summed E-state index contributed by atoms with van der Waals surface area (Å²) in [4.78, 5) is 0. The number of hydrogen-bond acceptors (Lipinski definition) is 2. The van der Waals surface area contributed by atoms with Crippen LogP contribution in [-0.2, 0) is 26.0 Å². The predicted molar refractivity (Wildman–Crippen MR) is 77.1 cm³/mol. The van der Waals surface area contributed by atoms with Crippen molar-refractivity contribution in [1.29, 1.82) is 0 Å². The standard InChI is InChI=1S/C16H21FN2O/c1-4-15-14(10-20)16(5-2)19(18-15)9-12-6-7-13(17)8-11(12)3/h6-8,20H,4-5,9-10H2,1-3H3. The van der Waals surface area contributed by atoms with Gasteiger partial charge in [0.05, 0.1) is 18.8 Å². The van der Waals surface area contributed by atoms with Gasteiger partial charge in [-0.05, 0) is 43.0 Å². The van der Waals surface area contributed by atoms with E-state index in [0.29, 0.717) is 6.54 Å². The molecule has 2 rings (SSSR count). The molecule has 0 unspecified atom stereocenters. The highest BCUT2D eigenvalue weighted by atomic mass is 19.1. The summed E-state index contributed by atoms with van der Waals surface area (Å²) in [5.74, 6) is -0.215. The van der Waals surface area contributed by atoms with Gasteiger partial charge in [-0.1, -0.05) is 19.9 Å². The van der Waals surface area contributed by atoms with Gasteiger partial charge in [0.25, 0.3) is 0 Å². The van der Waals surface area contributed by atoms with Crippen LogP contribution in [0.1, 0.15) is 41.9 Å². The Balaban J connectivity index is 2.40. The van der Waals surface area contributed by atoms with Gasteiger partial charge in [-0.25, -0.2) is 4.39 Å². The second kappa shape index (κ2) is 6.18. The van der Waals surface area contributed by atoms with Crippen molar-refractivity contribution in [2.24, 2.45) is 0 Å². The van der Waals surface area contributed by atoms with Crippen LogP contribution in [0, 0.1) is 12.7 Å². The number of rotatable bonds is 5. The predicted octanol–water partition coefficient (Wildman–Crippen LogP) is 3.00. The summed E-state index contributed by atoms with van der Waals surface area (Å²) in [7, 11) is 0. The van der Waals surface area contributed by atoms with E-state index in [2.05, 4.69) is 12.0 Å². The van der Waals surface area contributed by atoms with Crippen molar-refractivity contribution in [3.8, 4) is 0 Å². The molecule has 0 saturated heterocycles. The first-order chi connectivity index (χ1) is 9.60. The zero-order valence-corrected chi connectivity index (χ0v) is 12.3. The van der Waals surface area contributed by atoms with E-state index < -0.39 is 0 Å². The maximum Gasteiger partial charge on any atom is 0.123 e. The zero-order valence-electron chi connectivity index (χ0n) is 12.3. The Kier molecular flexibility index (Phi) is 4.55. The highest BCUT2D eigenvalue weighted by Gasteiger charge is 2.15. The number of aryl methyl sites for hydroxylation is 2. The third kappa shape index (κ3) is 2.75. The Morgan fingerprint density at radius 1 is 1.25 bits per heavy atom. The van der Waals surface area contributed by atoms with Gasteiger partial charge in [-0.15, -0.1) is 0 Å². The smallest absolute Gasteiger partial charge is 0.123 e. The lowest BCUT2D eigenvalue weighted by atomic mass is 10.1. The molecule has 2 aromatic rings. The quantitative estimate of drug-likeness (QED) is 0.911. The average Bonchev–Trinajstić information content (AvgIpc) is 2.78. The Hall–Kier alpha value is -1.68. The maximum absolute atomic E-state index is 13.2. The van der Waals surface area contributed by atoms with Crippen molar-refractivity contribution >= 4 is 0 Å². The third-order valence-electron chi connectivity index (χ3n) is 3.70. The average molecular weight is 276 g/mol. The summed E-state index contributed by atoms with van der Waals surface area (Å²) in [6, 6.07) is 4.82. The fourth-order valence-electron chi connectivity index (χ4n) is 2.58. The molecule has 1 N–H and O–H groups in total. The van der Waals surface area contributed by atoms with Gasteiger partial charge < -0.3 is 5.11 Å². The van der Waals surface area contributed by atoms with Gasteiger partial charge in [0.1, 0.15) is 5.82 Å². The second-order valence-electron chi connectivity index (χ2n) is 4.97. The number of benzene rings is 1.